The summed E-state index contributed by atoms with van der Waals surface area (Å²) in [6.45, 7) is 8.64. The van der Waals surface area contributed by atoms with Gasteiger partial charge in [0.2, 0.25) is 5.95 Å². The molecule has 196 valence electrons. The molecule has 2 saturated heterocycles. The van der Waals surface area contributed by atoms with E-state index in [1.165, 1.54) is 70.9 Å². The molecule has 35 heavy (non-hydrogen) atoms. The van der Waals surface area contributed by atoms with Gasteiger partial charge >= 0.3 is 5.69 Å². The first-order valence-corrected chi connectivity index (χ1v) is 14.2. The molecule has 1 unspecified atom stereocenters. The van der Waals surface area contributed by atoms with Gasteiger partial charge in [-0.05, 0) is 71.0 Å². The lowest BCUT2D eigenvalue weighted by Crippen LogP contribution is -2.38. The Morgan fingerprint density at radius 2 is 1.63 bits per heavy atom. The van der Waals surface area contributed by atoms with Gasteiger partial charge in [-0.25, -0.2) is 4.79 Å². The number of nitrogen functional groups attached to an aromatic ring is 1. The first kappa shape index (κ1) is 25.9. The number of likely N-dealkylation sites (tertiary alicyclic amines) is 2. The molecule has 4 rings (SSSR count). The van der Waals surface area contributed by atoms with Crippen molar-refractivity contribution in [3.63, 3.8) is 0 Å². The lowest BCUT2D eigenvalue weighted by molar-refractivity contribution is 0.130. The Labute approximate surface area is 209 Å². The van der Waals surface area contributed by atoms with Gasteiger partial charge < -0.3 is 20.9 Å². The second-order valence-electron chi connectivity index (χ2n) is 10.4. The maximum absolute atomic E-state index is 13.3. The van der Waals surface area contributed by atoms with Crippen LogP contribution in [0.25, 0.3) is 11.2 Å². The van der Waals surface area contributed by atoms with Crippen LogP contribution in [0.4, 0.5) is 11.8 Å². The maximum atomic E-state index is 13.3. The van der Waals surface area contributed by atoms with Crippen LogP contribution in [0.15, 0.2) is 4.79 Å². The first-order chi connectivity index (χ1) is 17.2. The van der Waals surface area contributed by atoms with Crippen molar-refractivity contribution in [1.29, 1.82) is 0 Å². The molecule has 9 nitrogen and oxygen atoms in total. The van der Waals surface area contributed by atoms with Gasteiger partial charge in [0.05, 0.1) is 6.17 Å². The fraction of sp³-hybridized carbons (Fsp3) is 0.808. The van der Waals surface area contributed by atoms with E-state index in [4.69, 9.17) is 10.7 Å². The van der Waals surface area contributed by atoms with Crippen molar-refractivity contribution in [3.8, 4) is 0 Å². The van der Waals surface area contributed by atoms with Crippen LogP contribution in [0, 0.1) is 0 Å². The van der Waals surface area contributed by atoms with Gasteiger partial charge in [0.1, 0.15) is 5.52 Å². The van der Waals surface area contributed by atoms with Crippen LogP contribution in [0.1, 0.15) is 96.6 Å². The van der Waals surface area contributed by atoms with Gasteiger partial charge in [-0.15, -0.1) is 0 Å². The van der Waals surface area contributed by atoms with Crippen LogP contribution < -0.4 is 16.7 Å². The highest BCUT2D eigenvalue weighted by Crippen LogP contribution is 2.27. The molecule has 0 saturated carbocycles. The highest BCUT2D eigenvalue weighted by Gasteiger charge is 2.26. The van der Waals surface area contributed by atoms with E-state index in [0.717, 1.165) is 51.9 Å². The summed E-state index contributed by atoms with van der Waals surface area (Å²) in [5.74, 6) is 0.840. The monoisotopic (exact) mass is 486 g/mol. The second kappa shape index (κ2) is 13.3. The van der Waals surface area contributed by atoms with Gasteiger partial charge in [0.25, 0.3) is 0 Å². The van der Waals surface area contributed by atoms with E-state index in [2.05, 4.69) is 32.0 Å². The lowest BCUT2D eigenvalue weighted by atomic mass is 10.1. The highest BCUT2D eigenvalue weighted by atomic mass is 16.1. The molecule has 2 fully saturated rings. The van der Waals surface area contributed by atoms with Gasteiger partial charge in [0, 0.05) is 19.6 Å². The molecule has 0 bridgehead atoms. The number of hydrogen-bond donors (Lipinski definition) is 3. The molecule has 2 aliphatic heterocycles. The predicted molar refractivity (Wildman–Crippen MR) is 144 cm³/mol. The van der Waals surface area contributed by atoms with E-state index >= 15 is 0 Å². The Morgan fingerprint density at radius 3 is 2.31 bits per heavy atom. The zero-order valence-electron chi connectivity index (χ0n) is 21.7. The Kier molecular flexibility index (Phi) is 9.83. The van der Waals surface area contributed by atoms with Gasteiger partial charge in [-0.1, -0.05) is 39.0 Å². The molecule has 2 aliphatic rings. The summed E-state index contributed by atoms with van der Waals surface area (Å²) in [6.07, 6.45) is 15.6. The molecule has 9 heteroatoms. The summed E-state index contributed by atoms with van der Waals surface area (Å²) in [6, 6.07) is 0. The minimum atomic E-state index is -0.131. The van der Waals surface area contributed by atoms with Gasteiger partial charge in [-0.3, -0.25) is 9.47 Å². The number of imidazole rings is 1. The average Bonchev–Trinajstić information content (AvgIpc) is 3.09. The van der Waals surface area contributed by atoms with E-state index in [1.54, 1.807) is 0 Å². The summed E-state index contributed by atoms with van der Waals surface area (Å²) >= 11 is 0. The van der Waals surface area contributed by atoms with E-state index < -0.39 is 0 Å². The van der Waals surface area contributed by atoms with Crippen LogP contribution in [-0.2, 0) is 0 Å². The Morgan fingerprint density at radius 1 is 0.943 bits per heavy atom. The zero-order chi connectivity index (χ0) is 24.5. The first-order valence-electron chi connectivity index (χ1n) is 14.2. The Bertz CT molecular complexity index is 954. The van der Waals surface area contributed by atoms with Crippen molar-refractivity contribution >= 4 is 22.9 Å². The number of nitrogens with two attached hydrogens (primary N) is 1. The molecule has 4 heterocycles. The molecule has 1 atom stereocenters. The van der Waals surface area contributed by atoms with E-state index in [-0.39, 0.29) is 11.9 Å². The number of nitrogens with zero attached hydrogens (tertiary/aromatic N) is 5. The molecular weight excluding hydrogens is 440 g/mol. The molecular formula is C26H46N8O. The van der Waals surface area contributed by atoms with Crippen LogP contribution in [-0.4, -0.2) is 68.6 Å². The number of nitrogens with one attached hydrogen (secondary N) is 2. The van der Waals surface area contributed by atoms with Crippen LogP contribution in [0.2, 0.25) is 0 Å². The van der Waals surface area contributed by atoms with E-state index in [1.807, 2.05) is 4.57 Å². The maximum Gasteiger partial charge on any atom is 0.329 e. The number of hydrogen-bond acceptors (Lipinski definition) is 7. The van der Waals surface area contributed by atoms with E-state index in [0.29, 0.717) is 22.9 Å². The van der Waals surface area contributed by atoms with E-state index in [9.17, 15) is 4.79 Å². The molecule has 2 aromatic heterocycles. The van der Waals surface area contributed by atoms with Crippen molar-refractivity contribution in [2.24, 2.45) is 0 Å². The highest BCUT2D eigenvalue weighted by molar-refractivity contribution is 5.82. The topological polar surface area (TPSA) is 108 Å². The molecule has 4 N–H and O–H groups in total. The SMILES string of the molecule is CCCCNc1nc(N)c2[nH]c(=O)n(C(CCCCN3CCCCCC3)N3CCCCCC3)c2n1. The molecule has 0 spiro atoms. The third-order valence-electron chi connectivity index (χ3n) is 7.66. The van der Waals surface area contributed by atoms with Crippen LogP contribution in [0.3, 0.4) is 0 Å². The van der Waals surface area contributed by atoms with Crippen molar-refractivity contribution < 1.29 is 0 Å². The molecule has 2 aromatic rings. The smallest absolute Gasteiger partial charge is 0.329 e. The molecule has 0 aromatic carbocycles. The fourth-order valence-electron chi connectivity index (χ4n) is 5.65. The number of unbranched alkanes of at least 4 members (excludes halogenated alkanes) is 2. The van der Waals surface area contributed by atoms with Crippen molar-refractivity contribution in [2.45, 2.75) is 96.6 Å². The van der Waals surface area contributed by atoms with Crippen molar-refractivity contribution in [1.82, 2.24) is 29.3 Å². The number of rotatable bonds is 11. The Balaban J connectivity index is 1.55. The van der Waals surface area contributed by atoms with Gasteiger partial charge in [-0.2, -0.15) is 9.97 Å². The second-order valence-corrected chi connectivity index (χ2v) is 10.4. The third kappa shape index (κ3) is 6.97. The lowest BCUT2D eigenvalue weighted by Gasteiger charge is -2.31. The predicted octanol–water partition coefficient (Wildman–Crippen LogP) is 4.33. The minimum absolute atomic E-state index is 0.00345. The quantitative estimate of drug-likeness (QED) is 0.406. The third-order valence-corrected chi connectivity index (χ3v) is 7.66. The van der Waals surface area contributed by atoms with Crippen molar-refractivity contribution in [3.05, 3.63) is 10.5 Å². The minimum Gasteiger partial charge on any atom is -0.382 e. The standard InChI is InChI=1S/C26H46N8O/c1-2-3-15-28-25-30-23(27)22-24(31-25)34(26(35)29-22)21(33-19-11-6-7-12-20-33)14-8-13-18-32-16-9-4-5-10-17-32/h21H,2-20H2,1H3,(H,29,35)(H3,27,28,30,31). The molecule has 0 radical (unpaired) electrons. The number of aromatic amines is 1. The van der Waals surface area contributed by atoms with Crippen molar-refractivity contribution in [2.75, 3.05) is 50.3 Å². The van der Waals surface area contributed by atoms with Crippen LogP contribution >= 0.6 is 0 Å². The summed E-state index contributed by atoms with van der Waals surface area (Å²) < 4.78 is 1.87. The molecule has 0 amide bonds. The summed E-state index contributed by atoms with van der Waals surface area (Å²) in [5.41, 5.74) is 7.32. The number of H-pyrrole nitrogens is 1. The average molecular weight is 487 g/mol. The van der Waals surface area contributed by atoms with Gasteiger partial charge in [0.15, 0.2) is 11.5 Å². The largest absolute Gasteiger partial charge is 0.382 e. The molecule has 0 aliphatic carbocycles. The number of aromatic nitrogens is 4. The van der Waals surface area contributed by atoms with Crippen LogP contribution in [0.5, 0.6) is 0 Å². The Hall–Kier alpha value is -2.13. The normalized spacial score (nSPS) is 19.5. The summed E-state index contributed by atoms with van der Waals surface area (Å²) in [7, 11) is 0. The number of fused-ring (bicyclic) bond motifs is 1. The summed E-state index contributed by atoms with van der Waals surface area (Å²) in [5, 5.41) is 3.29. The number of anilines is 2. The fourth-order valence-corrected chi connectivity index (χ4v) is 5.65. The zero-order valence-corrected chi connectivity index (χ0v) is 21.7. The summed E-state index contributed by atoms with van der Waals surface area (Å²) in [4.78, 5) is 30.6.